The van der Waals surface area contributed by atoms with E-state index in [1.54, 1.807) is 7.11 Å². The number of rotatable bonds is 4. The molecule has 0 amide bonds. The van der Waals surface area contributed by atoms with Gasteiger partial charge in [-0.3, -0.25) is 4.90 Å². The summed E-state index contributed by atoms with van der Waals surface area (Å²) in [4.78, 5) is 2.69. The molecule has 2 aliphatic rings. The summed E-state index contributed by atoms with van der Waals surface area (Å²) in [5.74, 6) is 1.84. The zero-order valence-electron chi connectivity index (χ0n) is 11.8. The molecule has 3 heteroatoms. The fourth-order valence-corrected chi connectivity index (χ4v) is 3.51. The third-order valence-electron chi connectivity index (χ3n) is 4.64. The number of hydrogen-bond acceptors (Lipinski definition) is 3. The van der Waals surface area contributed by atoms with Crippen molar-refractivity contribution < 1.29 is 4.74 Å². The number of likely N-dealkylation sites (tertiary alicyclic amines) is 1. The SMILES string of the molecule is COc1ccc(CCN2CCCC3CNCC32)cc1. The summed E-state index contributed by atoms with van der Waals surface area (Å²) in [6.45, 7) is 4.88. The highest BCUT2D eigenvalue weighted by Crippen LogP contribution is 2.26. The Bertz CT molecular complexity index is 404. The van der Waals surface area contributed by atoms with Gasteiger partial charge in [-0.15, -0.1) is 0 Å². The van der Waals surface area contributed by atoms with Gasteiger partial charge in [0.25, 0.3) is 0 Å². The summed E-state index contributed by atoms with van der Waals surface area (Å²) in [6, 6.07) is 9.28. The molecule has 3 rings (SSSR count). The van der Waals surface area contributed by atoms with Crippen LogP contribution in [0.2, 0.25) is 0 Å². The van der Waals surface area contributed by atoms with E-state index in [0.29, 0.717) is 0 Å². The third-order valence-corrected chi connectivity index (χ3v) is 4.64. The molecule has 104 valence electrons. The molecule has 0 saturated carbocycles. The van der Waals surface area contributed by atoms with Crippen LogP contribution in [0.1, 0.15) is 18.4 Å². The lowest BCUT2D eigenvalue weighted by atomic mass is 9.92. The molecule has 3 nitrogen and oxygen atoms in total. The standard InChI is InChI=1S/C16H24N2O/c1-19-15-6-4-13(5-7-15)8-10-18-9-2-3-14-11-17-12-16(14)18/h4-7,14,16-17H,2-3,8-12H2,1H3. The molecule has 19 heavy (non-hydrogen) atoms. The number of fused-ring (bicyclic) bond motifs is 1. The largest absolute Gasteiger partial charge is 0.497 e. The Hall–Kier alpha value is -1.06. The van der Waals surface area contributed by atoms with Crippen LogP contribution in [-0.4, -0.2) is 44.2 Å². The molecular weight excluding hydrogens is 236 g/mol. The van der Waals surface area contributed by atoms with Crippen LogP contribution in [0, 0.1) is 5.92 Å². The molecule has 1 N–H and O–H groups in total. The number of hydrogen-bond donors (Lipinski definition) is 1. The number of nitrogens with one attached hydrogen (secondary N) is 1. The summed E-state index contributed by atoms with van der Waals surface area (Å²) < 4.78 is 5.20. The molecule has 2 aliphatic heterocycles. The van der Waals surface area contributed by atoms with Crippen LogP contribution < -0.4 is 10.1 Å². The summed E-state index contributed by atoms with van der Waals surface area (Å²) in [7, 11) is 1.72. The minimum atomic E-state index is 0.784. The van der Waals surface area contributed by atoms with Crippen molar-refractivity contribution in [2.75, 3.05) is 33.3 Å². The van der Waals surface area contributed by atoms with E-state index < -0.39 is 0 Å². The highest BCUT2D eigenvalue weighted by atomic mass is 16.5. The zero-order valence-corrected chi connectivity index (χ0v) is 11.8. The first kappa shape index (κ1) is 12.9. The van der Waals surface area contributed by atoms with E-state index >= 15 is 0 Å². The third kappa shape index (κ3) is 2.93. The van der Waals surface area contributed by atoms with Gasteiger partial charge in [0.05, 0.1) is 7.11 Å². The molecule has 0 spiro atoms. The Balaban J connectivity index is 1.55. The first-order chi connectivity index (χ1) is 9.36. The van der Waals surface area contributed by atoms with Crippen LogP contribution in [0.4, 0.5) is 0 Å². The second-order valence-electron chi connectivity index (χ2n) is 5.76. The molecule has 0 bridgehead atoms. The van der Waals surface area contributed by atoms with E-state index in [1.165, 1.54) is 44.6 Å². The Labute approximate surface area is 115 Å². The molecule has 1 aromatic rings. The van der Waals surface area contributed by atoms with Crippen LogP contribution in [0.25, 0.3) is 0 Å². The van der Waals surface area contributed by atoms with E-state index in [4.69, 9.17) is 4.74 Å². The molecule has 2 atom stereocenters. The van der Waals surface area contributed by atoms with E-state index in [0.717, 1.165) is 24.1 Å². The van der Waals surface area contributed by atoms with Crippen LogP contribution in [0.5, 0.6) is 5.75 Å². The summed E-state index contributed by atoms with van der Waals surface area (Å²) in [5, 5.41) is 3.55. The Morgan fingerprint density at radius 2 is 2.11 bits per heavy atom. The van der Waals surface area contributed by atoms with Gasteiger partial charge in [0.2, 0.25) is 0 Å². The van der Waals surface area contributed by atoms with E-state index in [9.17, 15) is 0 Å². The minimum absolute atomic E-state index is 0.784. The van der Waals surface area contributed by atoms with Crippen LogP contribution in [-0.2, 0) is 6.42 Å². The number of ether oxygens (including phenoxy) is 1. The number of methoxy groups -OCH3 is 1. The Morgan fingerprint density at radius 1 is 1.26 bits per heavy atom. The maximum atomic E-state index is 5.20. The lowest BCUT2D eigenvalue weighted by Crippen LogP contribution is -2.45. The lowest BCUT2D eigenvalue weighted by Gasteiger charge is -2.37. The summed E-state index contributed by atoms with van der Waals surface area (Å²) in [5.41, 5.74) is 1.41. The van der Waals surface area contributed by atoms with E-state index in [-0.39, 0.29) is 0 Å². The van der Waals surface area contributed by atoms with Crippen molar-refractivity contribution in [2.45, 2.75) is 25.3 Å². The van der Waals surface area contributed by atoms with Crippen molar-refractivity contribution in [2.24, 2.45) is 5.92 Å². The van der Waals surface area contributed by atoms with Crippen molar-refractivity contribution in [3.8, 4) is 5.75 Å². The summed E-state index contributed by atoms with van der Waals surface area (Å²) in [6.07, 6.45) is 3.93. The maximum absolute atomic E-state index is 5.20. The van der Waals surface area contributed by atoms with Crippen molar-refractivity contribution >= 4 is 0 Å². The van der Waals surface area contributed by atoms with Gasteiger partial charge >= 0.3 is 0 Å². The number of piperidine rings is 1. The molecule has 0 radical (unpaired) electrons. The fraction of sp³-hybridized carbons (Fsp3) is 0.625. The van der Waals surface area contributed by atoms with E-state index in [1.807, 2.05) is 0 Å². The van der Waals surface area contributed by atoms with Crippen molar-refractivity contribution in [3.63, 3.8) is 0 Å². The molecule has 1 aromatic carbocycles. The average Bonchev–Trinajstić information content (AvgIpc) is 2.94. The van der Waals surface area contributed by atoms with Gasteiger partial charge in [0, 0.05) is 19.1 Å². The van der Waals surface area contributed by atoms with Crippen molar-refractivity contribution in [3.05, 3.63) is 29.8 Å². The molecule has 0 aliphatic carbocycles. The van der Waals surface area contributed by atoms with Crippen molar-refractivity contribution in [1.29, 1.82) is 0 Å². The maximum Gasteiger partial charge on any atom is 0.118 e. The molecular formula is C16H24N2O. The number of benzene rings is 1. The second kappa shape index (κ2) is 5.93. The Kier molecular flexibility index (Phi) is 4.04. The van der Waals surface area contributed by atoms with Crippen LogP contribution >= 0.6 is 0 Å². The molecule has 2 unspecified atom stereocenters. The normalized spacial score (nSPS) is 27.2. The molecule has 2 saturated heterocycles. The molecule has 2 fully saturated rings. The van der Waals surface area contributed by atoms with Gasteiger partial charge in [-0.25, -0.2) is 0 Å². The lowest BCUT2D eigenvalue weighted by molar-refractivity contribution is 0.126. The zero-order chi connectivity index (χ0) is 13.1. The van der Waals surface area contributed by atoms with Crippen LogP contribution in [0.15, 0.2) is 24.3 Å². The first-order valence-electron chi connectivity index (χ1n) is 7.44. The van der Waals surface area contributed by atoms with Crippen molar-refractivity contribution in [1.82, 2.24) is 10.2 Å². The highest BCUT2D eigenvalue weighted by Gasteiger charge is 2.34. The summed E-state index contributed by atoms with van der Waals surface area (Å²) >= 11 is 0. The quantitative estimate of drug-likeness (QED) is 0.895. The Morgan fingerprint density at radius 3 is 2.89 bits per heavy atom. The highest BCUT2D eigenvalue weighted by molar-refractivity contribution is 5.27. The fourth-order valence-electron chi connectivity index (χ4n) is 3.51. The minimum Gasteiger partial charge on any atom is -0.497 e. The topological polar surface area (TPSA) is 24.5 Å². The van der Waals surface area contributed by atoms with Gasteiger partial charge in [-0.05, 0) is 56.0 Å². The number of nitrogens with zero attached hydrogens (tertiary/aromatic N) is 1. The first-order valence-corrected chi connectivity index (χ1v) is 7.44. The van der Waals surface area contributed by atoms with Crippen LogP contribution in [0.3, 0.4) is 0 Å². The van der Waals surface area contributed by atoms with Gasteiger partial charge in [-0.2, -0.15) is 0 Å². The predicted octanol–water partition coefficient (Wildman–Crippen LogP) is 1.92. The van der Waals surface area contributed by atoms with Gasteiger partial charge in [0.15, 0.2) is 0 Å². The predicted molar refractivity (Wildman–Crippen MR) is 77.7 cm³/mol. The van der Waals surface area contributed by atoms with E-state index in [2.05, 4.69) is 34.5 Å². The second-order valence-corrected chi connectivity index (χ2v) is 5.76. The smallest absolute Gasteiger partial charge is 0.118 e. The van der Waals surface area contributed by atoms with Gasteiger partial charge in [-0.1, -0.05) is 12.1 Å². The molecule has 0 aromatic heterocycles. The van der Waals surface area contributed by atoms with Gasteiger partial charge < -0.3 is 10.1 Å². The monoisotopic (exact) mass is 260 g/mol. The average molecular weight is 260 g/mol. The van der Waals surface area contributed by atoms with Gasteiger partial charge in [0.1, 0.15) is 5.75 Å². The molecule has 2 heterocycles.